The number of rotatable bonds is 4. The Morgan fingerprint density at radius 3 is 2.43 bits per heavy atom. The topological polar surface area (TPSA) is 35.5 Å². The first kappa shape index (κ1) is 10.9. The highest BCUT2D eigenvalue weighted by Crippen LogP contribution is 2.31. The van der Waals surface area contributed by atoms with Crippen molar-refractivity contribution < 1.29 is 14.3 Å². The summed E-state index contributed by atoms with van der Waals surface area (Å²) < 4.78 is 10.1. The molecule has 0 saturated carbocycles. The van der Waals surface area contributed by atoms with E-state index in [4.69, 9.17) is 21.1 Å². The van der Waals surface area contributed by atoms with Gasteiger partial charge in [0, 0.05) is 0 Å². The molecule has 0 aromatic heterocycles. The average Bonchev–Trinajstić information content (AvgIpc) is 2.26. The molecule has 1 atom stereocenters. The maximum absolute atomic E-state index is 10.5. The molecule has 14 heavy (non-hydrogen) atoms. The lowest BCUT2D eigenvalue weighted by Gasteiger charge is -2.09. The van der Waals surface area contributed by atoms with Gasteiger partial charge < -0.3 is 14.3 Å². The summed E-state index contributed by atoms with van der Waals surface area (Å²) in [5.41, 5.74) is 0.694. The smallest absolute Gasteiger partial charge is 0.161 e. The molecule has 0 aliphatic rings. The second kappa shape index (κ2) is 4.86. The van der Waals surface area contributed by atoms with Crippen LogP contribution in [0.3, 0.4) is 0 Å². The first-order valence-corrected chi connectivity index (χ1v) is 4.48. The third-order valence-corrected chi connectivity index (χ3v) is 2.20. The third-order valence-electron chi connectivity index (χ3n) is 1.85. The molecule has 1 rings (SSSR count). The minimum absolute atomic E-state index is 0.567. The van der Waals surface area contributed by atoms with Crippen LogP contribution in [0, 0.1) is 0 Å². The number of carbonyl (C=O) groups is 1. The van der Waals surface area contributed by atoms with Gasteiger partial charge in [0.2, 0.25) is 0 Å². The van der Waals surface area contributed by atoms with E-state index in [1.165, 1.54) is 7.11 Å². The molecule has 0 fully saturated rings. The van der Waals surface area contributed by atoms with E-state index in [1.54, 1.807) is 25.3 Å². The van der Waals surface area contributed by atoms with E-state index < -0.39 is 5.38 Å². The van der Waals surface area contributed by atoms with Crippen LogP contribution in [0.2, 0.25) is 0 Å². The standard InChI is InChI=1S/C10H11ClO3/c1-13-9-4-3-7(8(11)6-12)5-10(9)14-2/h3-6,8H,1-2H3. The van der Waals surface area contributed by atoms with Crippen LogP contribution in [0.15, 0.2) is 18.2 Å². The number of hydrogen-bond donors (Lipinski definition) is 0. The number of methoxy groups -OCH3 is 2. The number of ether oxygens (including phenoxy) is 2. The number of hydrogen-bond acceptors (Lipinski definition) is 3. The second-order valence-electron chi connectivity index (χ2n) is 2.65. The highest BCUT2D eigenvalue weighted by atomic mass is 35.5. The van der Waals surface area contributed by atoms with Crippen LogP contribution < -0.4 is 9.47 Å². The highest BCUT2D eigenvalue weighted by molar-refractivity contribution is 6.27. The van der Waals surface area contributed by atoms with Crippen molar-refractivity contribution in [2.75, 3.05) is 14.2 Å². The summed E-state index contributed by atoms with van der Waals surface area (Å²) in [5, 5.41) is -0.644. The van der Waals surface area contributed by atoms with Crippen molar-refractivity contribution in [1.82, 2.24) is 0 Å². The van der Waals surface area contributed by atoms with Gasteiger partial charge in [0.15, 0.2) is 11.5 Å². The second-order valence-corrected chi connectivity index (χ2v) is 3.12. The Hall–Kier alpha value is -1.22. The molecule has 0 aliphatic heterocycles. The first-order chi connectivity index (χ1) is 6.72. The van der Waals surface area contributed by atoms with Gasteiger partial charge in [-0.15, -0.1) is 11.6 Å². The van der Waals surface area contributed by atoms with Crippen molar-refractivity contribution >= 4 is 17.9 Å². The van der Waals surface area contributed by atoms with Crippen LogP contribution in [-0.4, -0.2) is 20.5 Å². The predicted molar refractivity (Wildman–Crippen MR) is 54.2 cm³/mol. The highest BCUT2D eigenvalue weighted by Gasteiger charge is 2.10. The molecule has 76 valence electrons. The summed E-state index contributed by atoms with van der Waals surface area (Å²) in [6.45, 7) is 0. The van der Waals surface area contributed by atoms with E-state index in [0.29, 0.717) is 23.3 Å². The van der Waals surface area contributed by atoms with Crippen molar-refractivity contribution in [3.63, 3.8) is 0 Å². The fourth-order valence-electron chi connectivity index (χ4n) is 1.10. The molecule has 0 spiro atoms. The predicted octanol–water partition coefficient (Wildman–Crippen LogP) is 2.18. The molecule has 0 heterocycles. The summed E-state index contributed by atoms with van der Waals surface area (Å²) in [7, 11) is 3.08. The zero-order valence-corrected chi connectivity index (χ0v) is 8.75. The van der Waals surface area contributed by atoms with Crippen molar-refractivity contribution in [3.8, 4) is 11.5 Å². The van der Waals surface area contributed by atoms with E-state index in [9.17, 15) is 4.79 Å². The number of alkyl halides is 1. The van der Waals surface area contributed by atoms with Crippen LogP contribution in [0.1, 0.15) is 10.9 Å². The van der Waals surface area contributed by atoms with E-state index in [1.807, 2.05) is 0 Å². The van der Waals surface area contributed by atoms with Crippen molar-refractivity contribution in [3.05, 3.63) is 23.8 Å². The number of aldehydes is 1. The fourth-order valence-corrected chi connectivity index (χ4v) is 1.24. The van der Waals surface area contributed by atoms with Gasteiger partial charge in [0.25, 0.3) is 0 Å². The molecule has 1 aromatic rings. The van der Waals surface area contributed by atoms with Crippen LogP contribution in [0.4, 0.5) is 0 Å². The summed E-state index contributed by atoms with van der Waals surface area (Å²) in [6.07, 6.45) is 0.669. The molecule has 1 aromatic carbocycles. The number of benzene rings is 1. The third kappa shape index (κ3) is 2.17. The zero-order chi connectivity index (χ0) is 10.6. The lowest BCUT2D eigenvalue weighted by atomic mass is 10.1. The van der Waals surface area contributed by atoms with E-state index in [-0.39, 0.29) is 0 Å². The fraction of sp³-hybridized carbons (Fsp3) is 0.300. The molecule has 0 N–H and O–H groups in total. The van der Waals surface area contributed by atoms with Crippen molar-refractivity contribution in [1.29, 1.82) is 0 Å². The average molecular weight is 215 g/mol. The molecule has 3 nitrogen and oxygen atoms in total. The van der Waals surface area contributed by atoms with Crippen LogP contribution >= 0.6 is 11.6 Å². The molecule has 0 aliphatic carbocycles. The minimum Gasteiger partial charge on any atom is -0.493 e. The first-order valence-electron chi connectivity index (χ1n) is 4.04. The van der Waals surface area contributed by atoms with Crippen molar-refractivity contribution in [2.45, 2.75) is 5.38 Å². The molecular formula is C10H11ClO3. The summed E-state index contributed by atoms with van der Waals surface area (Å²) in [5.74, 6) is 1.18. The molecular weight excluding hydrogens is 204 g/mol. The van der Waals surface area contributed by atoms with Crippen LogP contribution in [0.25, 0.3) is 0 Å². The van der Waals surface area contributed by atoms with Gasteiger partial charge in [-0.05, 0) is 17.7 Å². The van der Waals surface area contributed by atoms with Crippen LogP contribution in [-0.2, 0) is 4.79 Å². The minimum atomic E-state index is -0.644. The SMILES string of the molecule is COc1ccc(C(Cl)C=O)cc1OC. The molecule has 0 amide bonds. The van der Waals surface area contributed by atoms with E-state index in [0.717, 1.165) is 0 Å². The Morgan fingerprint density at radius 1 is 1.29 bits per heavy atom. The van der Waals surface area contributed by atoms with Gasteiger partial charge in [0.1, 0.15) is 11.7 Å². The molecule has 1 unspecified atom stereocenters. The quantitative estimate of drug-likeness (QED) is 0.569. The number of carbonyl (C=O) groups excluding carboxylic acids is 1. The maximum Gasteiger partial charge on any atom is 0.161 e. The molecule has 0 radical (unpaired) electrons. The lowest BCUT2D eigenvalue weighted by molar-refractivity contribution is -0.107. The molecule has 4 heteroatoms. The van der Waals surface area contributed by atoms with Crippen LogP contribution in [0.5, 0.6) is 11.5 Å². The molecule has 0 bridgehead atoms. The largest absolute Gasteiger partial charge is 0.493 e. The normalized spacial score (nSPS) is 11.9. The van der Waals surface area contributed by atoms with E-state index in [2.05, 4.69) is 0 Å². The Morgan fingerprint density at radius 2 is 1.93 bits per heavy atom. The Kier molecular flexibility index (Phi) is 3.77. The number of halogens is 1. The van der Waals surface area contributed by atoms with Gasteiger partial charge in [-0.2, -0.15) is 0 Å². The lowest BCUT2D eigenvalue weighted by Crippen LogP contribution is -1.95. The Labute approximate surface area is 87.6 Å². The maximum atomic E-state index is 10.5. The monoisotopic (exact) mass is 214 g/mol. The Bertz CT molecular complexity index is 325. The molecule has 0 saturated heterocycles. The summed E-state index contributed by atoms with van der Waals surface area (Å²) >= 11 is 5.75. The van der Waals surface area contributed by atoms with Gasteiger partial charge in [0.05, 0.1) is 14.2 Å². The summed E-state index contributed by atoms with van der Waals surface area (Å²) in [6, 6.07) is 5.13. The zero-order valence-electron chi connectivity index (χ0n) is 7.99. The van der Waals surface area contributed by atoms with Gasteiger partial charge in [-0.1, -0.05) is 6.07 Å². The van der Waals surface area contributed by atoms with Gasteiger partial charge in [-0.25, -0.2) is 0 Å². The van der Waals surface area contributed by atoms with Gasteiger partial charge in [-0.3, -0.25) is 0 Å². The van der Waals surface area contributed by atoms with E-state index >= 15 is 0 Å². The summed E-state index contributed by atoms with van der Waals surface area (Å²) in [4.78, 5) is 10.5. The van der Waals surface area contributed by atoms with Gasteiger partial charge >= 0.3 is 0 Å². The van der Waals surface area contributed by atoms with Crippen molar-refractivity contribution in [2.24, 2.45) is 0 Å². The Balaban J connectivity index is 3.06.